The number of unbranched alkanes of at least 4 members (excludes halogenated alkanes) is 2. The number of carbonyl (C=O) groups excluding carboxylic acids is 2. The number of carbonyl (C=O) groups is 2. The monoisotopic (exact) mass is 522 g/mol. The number of rotatable bonds is 10. The van der Waals surface area contributed by atoms with E-state index in [0.29, 0.717) is 48.6 Å². The lowest BCUT2D eigenvalue weighted by Gasteiger charge is -2.18. The molecule has 0 spiro atoms. The van der Waals surface area contributed by atoms with Gasteiger partial charge in [0.2, 0.25) is 5.91 Å². The summed E-state index contributed by atoms with van der Waals surface area (Å²) in [5.41, 5.74) is -2.04. The molecule has 13 heteroatoms. The Morgan fingerprint density at radius 2 is 1.75 bits per heavy atom. The minimum atomic E-state index is -4.73. The van der Waals surface area contributed by atoms with E-state index in [0.717, 1.165) is 4.90 Å². The van der Waals surface area contributed by atoms with E-state index in [2.05, 4.69) is 0 Å². The molecule has 1 fully saturated rings. The van der Waals surface area contributed by atoms with Crippen LogP contribution >= 0.6 is 0 Å². The summed E-state index contributed by atoms with van der Waals surface area (Å²) in [6, 6.07) is 2.01. The molecular weight excluding hydrogens is 498 g/mol. The number of imide groups is 1. The lowest BCUT2D eigenvalue weighted by Crippen LogP contribution is -2.38. The number of amides is 3. The lowest BCUT2D eigenvalue weighted by atomic mass is 10.0. The van der Waals surface area contributed by atoms with Gasteiger partial charge in [-0.3, -0.25) is 9.69 Å². The molecule has 1 saturated heterocycles. The van der Waals surface area contributed by atoms with Crippen molar-refractivity contribution in [1.82, 2.24) is 9.80 Å². The highest BCUT2D eigenvalue weighted by molar-refractivity contribution is 6.02. The lowest BCUT2D eigenvalue weighted by molar-refractivity contribution is -0.140. The normalized spacial score (nSPS) is 14.9. The van der Waals surface area contributed by atoms with Crippen LogP contribution in [0.1, 0.15) is 43.7 Å². The molecule has 2 aromatic rings. The van der Waals surface area contributed by atoms with E-state index in [9.17, 15) is 40.7 Å². The average Bonchev–Trinajstić information content (AvgIpc) is 3.01. The van der Waals surface area contributed by atoms with Gasteiger partial charge in [-0.15, -0.1) is 0 Å². The van der Waals surface area contributed by atoms with Crippen LogP contribution in [0.2, 0.25) is 0 Å². The highest BCUT2D eigenvalue weighted by atomic mass is 19.4. The summed E-state index contributed by atoms with van der Waals surface area (Å²) >= 11 is 0. The van der Waals surface area contributed by atoms with Crippen molar-refractivity contribution in [2.45, 2.75) is 51.4 Å². The summed E-state index contributed by atoms with van der Waals surface area (Å²) in [5.74, 6) is -0.417. The standard InChI is InChI=1S/C23H24F6N2O5/c1-2-6-15-17(8-7-14-16(23(27,28)29)11-19(33)36-20(14)15)35-10-5-3-4-9-31-18(32)12-30(21(31)34)13-22(24,25)26/h7-8,11H,2-6,9-10,12-13H2,1H3. The van der Waals surface area contributed by atoms with Gasteiger partial charge in [0.15, 0.2) is 0 Å². The highest BCUT2D eigenvalue weighted by Gasteiger charge is 2.41. The molecule has 198 valence electrons. The Morgan fingerprint density at radius 3 is 2.39 bits per heavy atom. The molecule has 36 heavy (non-hydrogen) atoms. The van der Waals surface area contributed by atoms with E-state index in [1.165, 1.54) is 12.1 Å². The van der Waals surface area contributed by atoms with Gasteiger partial charge in [0, 0.05) is 23.6 Å². The minimum absolute atomic E-state index is 0.0333. The number of hydrogen-bond donors (Lipinski definition) is 0. The van der Waals surface area contributed by atoms with Crippen molar-refractivity contribution in [3.05, 3.63) is 39.7 Å². The van der Waals surface area contributed by atoms with Gasteiger partial charge in [-0.25, -0.2) is 9.59 Å². The van der Waals surface area contributed by atoms with Crippen molar-refractivity contribution in [2.75, 3.05) is 26.2 Å². The number of fused-ring (bicyclic) bond motifs is 1. The van der Waals surface area contributed by atoms with E-state index in [1.54, 1.807) is 0 Å². The van der Waals surface area contributed by atoms with Gasteiger partial charge in [0.25, 0.3) is 0 Å². The second-order valence-electron chi connectivity index (χ2n) is 8.35. The van der Waals surface area contributed by atoms with E-state index in [4.69, 9.17) is 9.15 Å². The van der Waals surface area contributed by atoms with Crippen molar-refractivity contribution in [1.29, 1.82) is 0 Å². The summed E-state index contributed by atoms with van der Waals surface area (Å²) in [4.78, 5) is 36.9. The van der Waals surface area contributed by atoms with Gasteiger partial charge >= 0.3 is 24.0 Å². The highest BCUT2D eigenvalue weighted by Crippen LogP contribution is 2.37. The van der Waals surface area contributed by atoms with E-state index >= 15 is 0 Å². The molecule has 0 radical (unpaired) electrons. The van der Waals surface area contributed by atoms with Crippen LogP contribution in [0.3, 0.4) is 0 Å². The maximum atomic E-state index is 13.4. The molecule has 3 amide bonds. The number of ether oxygens (including phenoxy) is 1. The maximum absolute atomic E-state index is 13.4. The zero-order valence-electron chi connectivity index (χ0n) is 19.3. The molecule has 2 heterocycles. The number of halogens is 6. The number of hydrogen-bond acceptors (Lipinski definition) is 5. The summed E-state index contributed by atoms with van der Waals surface area (Å²) in [5, 5.41) is -0.239. The topological polar surface area (TPSA) is 80.1 Å². The number of urea groups is 1. The Morgan fingerprint density at radius 1 is 1.03 bits per heavy atom. The molecule has 0 N–H and O–H groups in total. The summed E-state index contributed by atoms with van der Waals surface area (Å²) in [6.45, 7) is -0.179. The smallest absolute Gasteiger partial charge is 0.417 e. The molecule has 0 saturated carbocycles. The zero-order valence-corrected chi connectivity index (χ0v) is 19.3. The average molecular weight is 522 g/mol. The summed E-state index contributed by atoms with van der Waals surface area (Å²) < 4.78 is 88.5. The van der Waals surface area contributed by atoms with Gasteiger partial charge in [0.1, 0.15) is 24.4 Å². The third-order valence-electron chi connectivity index (χ3n) is 5.56. The van der Waals surface area contributed by atoms with Crippen LogP contribution in [0.15, 0.2) is 27.4 Å². The van der Waals surface area contributed by atoms with Crippen molar-refractivity contribution in [3.63, 3.8) is 0 Å². The van der Waals surface area contributed by atoms with Gasteiger partial charge < -0.3 is 14.1 Å². The molecule has 1 aliphatic rings. The fourth-order valence-corrected chi connectivity index (χ4v) is 4.01. The largest absolute Gasteiger partial charge is 0.493 e. The van der Waals surface area contributed by atoms with Crippen LogP contribution in [0.5, 0.6) is 5.75 Å². The third kappa shape index (κ3) is 6.49. The van der Waals surface area contributed by atoms with Crippen molar-refractivity contribution < 1.29 is 45.1 Å². The van der Waals surface area contributed by atoms with Gasteiger partial charge in [-0.05, 0) is 37.8 Å². The van der Waals surface area contributed by atoms with Crippen LogP contribution in [-0.4, -0.2) is 54.2 Å². The van der Waals surface area contributed by atoms with Gasteiger partial charge in [-0.1, -0.05) is 13.3 Å². The SMILES string of the molecule is CCCc1c(OCCCCCN2C(=O)CN(CC(F)(F)F)C2=O)ccc2c(C(F)(F)F)cc(=O)oc12. The van der Waals surface area contributed by atoms with E-state index in [-0.39, 0.29) is 29.9 Å². The molecule has 1 aromatic carbocycles. The maximum Gasteiger partial charge on any atom is 0.417 e. The molecule has 1 aromatic heterocycles. The van der Waals surface area contributed by atoms with Gasteiger partial charge in [-0.2, -0.15) is 26.3 Å². The first-order chi connectivity index (χ1) is 16.8. The summed E-state index contributed by atoms with van der Waals surface area (Å²) in [7, 11) is 0. The van der Waals surface area contributed by atoms with E-state index < -0.39 is 48.6 Å². The molecular formula is C23H24F6N2O5. The number of nitrogens with zero attached hydrogens (tertiary/aromatic N) is 2. The second-order valence-corrected chi connectivity index (χ2v) is 8.35. The Kier molecular flexibility index (Phi) is 8.19. The van der Waals surface area contributed by atoms with Crippen molar-refractivity contribution in [3.8, 4) is 5.75 Å². The van der Waals surface area contributed by atoms with Crippen LogP contribution in [0, 0.1) is 0 Å². The Labute approximate surface area is 201 Å². The molecule has 1 aliphatic heterocycles. The Balaban J connectivity index is 1.59. The molecule has 3 rings (SSSR count). The molecule has 7 nitrogen and oxygen atoms in total. The molecule has 0 aliphatic carbocycles. The van der Waals surface area contributed by atoms with Crippen LogP contribution in [-0.2, 0) is 17.4 Å². The first-order valence-corrected chi connectivity index (χ1v) is 11.3. The fourth-order valence-electron chi connectivity index (χ4n) is 4.01. The van der Waals surface area contributed by atoms with Crippen molar-refractivity contribution >= 4 is 22.9 Å². The second kappa shape index (κ2) is 10.8. The quantitative estimate of drug-likeness (QED) is 0.187. The first kappa shape index (κ1) is 27.3. The van der Waals surface area contributed by atoms with E-state index in [1.807, 2.05) is 6.92 Å². The number of alkyl halides is 6. The predicted molar refractivity (Wildman–Crippen MR) is 116 cm³/mol. The van der Waals surface area contributed by atoms with Crippen LogP contribution in [0.25, 0.3) is 11.0 Å². The van der Waals surface area contributed by atoms with Crippen molar-refractivity contribution in [2.24, 2.45) is 0 Å². The first-order valence-electron chi connectivity index (χ1n) is 11.3. The number of aryl methyl sites for hydroxylation is 1. The van der Waals surface area contributed by atoms with Crippen LogP contribution < -0.4 is 10.4 Å². The minimum Gasteiger partial charge on any atom is -0.493 e. The number of benzene rings is 1. The third-order valence-corrected chi connectivity index (χ3v) is 5.56. The van der Waals surface area contributed by atoms with Crippen LogP contribution in [0.4, 0.5) is 31.1 Å². The Bertz CT molecular complexity index is 1170. The fraction of sp³-hybridized carbons (Fsp3) is 0.522. The molecule has 0 bridgehead atoms. The molecule has 0 unspecified atom stereocenters. The zero-order chi connectivity index (χ0) is 26.7. The Hall–Kier alpha value is -3.25. The summed E-state index contributed by atoms with van der Waals surface area (Å²) in [6.07, 6.45) is -7.21. The predicted octanol–water partition coefficient (Wildman–Crippen LogP) is 5.14. The molecule has 0 atom stereocenters. The van der Waals surface area contributed by atoms with Gasteiger partial charge in [0.05, 0.1) is 12.2 Å².